The molecule has 0 radical (unpaired) electrons. The summed E-state index contributed by atoms with van der Waals surface area (Å²) in [6, 6.07) is 11.7. The number of hydrogen-bond donors (Lipinski definition) is 2. The number of halogens is 1. The van der Waals surface area contributed by atoms with Crippen LogP contribution in [-0.2, 0) is 6.54 Å². The second kappa shape index (κ2) is 6.39. The number of hydrogen-bond acceptors (Lipinski definition) is 2. The monoisotopic (exact) mass is 287 g/mol. The Morgan fingerprint density at radius 2 is 1.86 bits per heavy atom. The molecule has 0 bridgehead atoms. The van der Waals surface area contributed by atoms with Crippen LogP contribution >= 0.6 is 0 Å². The number of carbonyl (C=O) groups excluding carboxylic acids is 1. The molecule has 0 fully saturated rings. The predicted octanol–water partition coefficient (Wildman–Crippen LogP) is 3.58. The molecular formula is C17H18FNO2. The van der Waals surface area contributed by atoms with Crippen molar-refractivity contribution in [1.29, 1.82) is 0 Å². The van der Waals surface area contributed by atoms with Gasteiger partial charge < -0.3 is 10.4 Å². The Morgan fingerprint density at radius 3 is 2.43 bits per heavy atom. The van der Waals surface area contributed by atoms with E-state index in [0.29, 0.717) is 5.92 Å². The maximum atomic E-state index is 13.5. The average Bonchev–Trinajstić information content (AvgIpc) is 2.45. The summed E-state index contributed by atoms with van der Waals surface area (Å²) in [5.74, 6) is -1.27. The molecule has 0 aliphatic heterocycles. The van der Waals surface area contributed by atoms with Crippen molar-refractivity contribution >= 4 is 5.91 Å². The van der Waals surface area contributed by atoms with Crippen molar-refractivity contribution < 1.29 is 14.3 Å². The van der Waals surface area contributed by atoms with Crippen LogP contribution in [-0.4, -0.2) is 11.0 Å². The molecule has 0 aliphatic carbocycles. The van der Waals surface area contributed by atoms with E-state index in [0.717, 1.165) is 11.6 Å². The van der Waals surface area contributed by atoms with Crippen molar-refractivity contribution in [2.24, 2.45) is 0 Å². The SMILES string of the molecule is CC(C)c1ccc(CNC(=O)c2c(O)cccc2F)cc1. The third-order valence-corrected chi connectivity index (χ3v) is 3.32. The van der Waals surface area contributed by atoms with E-state index in [-0.39, 0.29) is 17.9 Å². The van der Waals surface area contributed by atoms with E-state index in [2.05, 4.69) is 19.2 Å². The van der Waals surface area contributed by atoms with Crippen LogP contribution in [0.5, 0.6) is 5.75 Å². The highest BCUT2D eigenvalue weighted by molar-refractivity contribution is 5.97. The lowest BCUT2D eigenvalue weighted by Gasteiger charge is -2.09. The summed E-state index contributed by atoms with van der Waals surface area (Å²) in [6.45, 7) is 4.50. The van der Waals surface area contributed by atoms with Gasteiger partial charge >= 0.3 is 0 Å². The third-order valence-electron chi connectivity index (χ3n) is 3.32. The van der Waals surface area contributed by atoms with Gasteiger partial charge in [-0.25, -0.2) is 4.39 Å². The molecule has 0 spiro atoms. The van der Waals surface area contributed by atoms with Gasteiger partial charge in [0.25, 0.3) is 5.91 Å². The smallest absolute Gasteiger partial charge is 0.258 e. The first-order chi connectivity index (χ1) is 9.99. The van der Waals surface area contributed by atoms with Crippen LogP contribution < -0.4 is 5.32 Å². The molecule has 21 heavy (non-hydrogen) atoms. The van der Waals surface area contributed by atoms with Crippen LogP contribution in [0.15, 0.2) is 42.5 Å². The van der Waals surface area contributed by atoms with E-state index in [1.807, 2.05) is 24.3 Å². The molecule has 2 aromatic carbocycles. The number of rotatable bonds is 4. The van der Waals surface area contributed by atoms with Crippen molar-refractivity contribution in [1.82, 2.24) is 5.32 Å². The van der Waals surface area contributed by atoms with Gasteiger partial charge in [-0.15, -0.1) is 0 Å². The van der Waals surface area contributed by atoms with Crippen LogP contribution in [0.25, 0.3) is 0 Å². The molecule has 0 aromatic heterocycles. The van der Waals surface area contributed by atoms with E-state index >= 15 is 0 Å². The van der Waals surface area contributed by atoms with Gasteiger partial charge in [0.1, 0.15) is 17.1 Å². The highest BCUT2D eigenvalue weighted by atomic mass is 19.1. The van der Waals surface area contributed by atoms with Crippen LogP contribution in [0.4, 0.5) is 4.39 Å². The van der Waals surface area contributed by atoms with Gasteiger partial charge in [0.2, 0.25) is 0 Å². The first-order valence-corrected chi connectivity index (χ1v) is 6.83. The summed E-state index contributed by atoms with van der Waals surface area (Å²) in [5.41, 5.74) is 1.82. The fourth-order valence-electron chi connectivity index (χ4n) is 2.03. The van der Waals surface area contributed by atoms with Crippen LogP contribution in [0.1, 0.15) is 41.3 Å². The minimum Gasteiger partial charge on any atom is -0.507 e. The van der Waals surface area contributed by atoms with Crippen LogP contribution in [0.3, 0.4) is 0 Å². The molecular weight excluding hydrogens is 269 g/mol. The first-order valence-electron chi connectivity index (χ1n) is 6.83. The lowest BCUT2D eigenvalue weighted by Crippen LogP contribution is -2.24. The van der Waals surface area contributed by atoms with E-state index in [4.69, 9.17) is 0 Å². The third kappa shape index (κ3) is 3.60. The molecule has 2 N–H and O–H groups in total. The highest BCUT2D eigenvalue weighted by Crippen LogP contribution is 2.20. The summed E-state index contributed by atoms with van der Waals surface area (Å²) < 4.78 is 13.5. The Morgan fingerprint density at radius 1 is 1.19 bits per heavy atom. The summed E-state index contributed by atoms with van der Waals surface area (Å²) >= 11 is 0. The Balaban J connectivity index is 2.04. The van der Waals surface area contributed by atoms with Crippen molar-refractivity contribution in [2.75, 3.05) is 0 Å². The first kappa shape index (κ1) is 15.0. The molecule has 1 amide bonds. The molecule has 3 nitrogen and oxygen atoms in total. The second-order valence-corrected chi connectivity index (χ2v) is 5.21. The fourth-order valence-corrected chi connectivity index (χ4v) is 2.03. The molecule has 0 saturated heterocycles. The van der Waals surface area contributed by atoms with Gasteiger partial charge in [-0.2, -0.15) is 0 Å². The van der Waals surface area contributed by atoms with Gasteiger partial charge in [0.05, 0.1) is 0 Å². The molecule has 2 rings (SSSR count). The van der Waals surface area contributed by atoms with Gasteiger partial charge in [-0.1, -0.05) is 44.2 Å². The minimum absolute atomic E-state index is 0.283. The van der Waals surface area contributed by atoms with Gasteiger partial charge in [0.15, 0.2) is 0 Å². The number of nitrogens with one attached hydrogen (secondary N) is 1. The van der Waals surface area contributed by atoms with Crippen LogP contribution in [0.2, 0.25) is 0 Å². The second-order valence-electron chi connectivity index (χ2n) is 5.21. The quantitative estimate of drug-likeness (QED) is 0.903. The predicted molar refractivity (Wildman–Crippen MR) is 79.8 cm³/mol. The Kier molecular flexibility index (Phi) is 4.58. The topological polar surface area (TPSA) is 49.3 Å². The number of benzene rings is 2. The van der Waals surface area contributed by atoms with Gasteiger partial charge in [-0.05, 0) is 29.2 Å². The van der Waals surface area contributed by atoms with Gasteiger partial charge in [-0.3, -0.25) is 4.79 Å². The molecule has 0 saturated carbocycles. The number of aromatic hydroxyl groups is 1. The summed E-state index contributed by atoms with van der Waals surface area (Å²) in [7, 11) is 0. The molecule has 0 atom stereocenters. The Labute approximate surface area is 123 Å². The molecule has 0 aliphatic rings. The number of phenolic OH excluding ortho intramolecular Hbond substituents is 1. The number of carbonyl (C=O) groups is 1. The Bertz CT molecular complexity index is 615. The molecule has 4 heteroatoms. The standard InChI is InChI=1S/C17H18FNO2/c1-11(2)13-8-6-12(7-9-13)10-19-17(21)16-14(18)4-3-5-15(16)20/h3-9,11,20H,10H2,1-2H3,(H,19,21). The average molecular weight is 287 g/mol. The van der Waals surface area contributed by atoms with E-state index in [1.54, 1.807) is 0 Å². The fraction of sp³-hybridized carbons (Fsp3) is 0.235. The van der Waals surface area contributed by atoms with Crippen molar-refractivity contribution in [3.8, 4) is 5.75 Å². The maximum Gasteiger partial charge on any atom is 0.258 e. The highest BCUT2D eigenvalue weighted by Gasteiger charge is 2.15. The van der Waals surface area contributed by atoms with Crippen molar-refractivity contribution in [3.63, 3.8) is 0 Å². The van der Waals surface area contributed by atoms with Crippen LogP contribution in [0, 0.1) is 5.82 Å². The van der Waals surface area contributed by atoms with E-state index < -0.39 is 11.7 Å². The van der Waals surface area contributed by atoms with E-state index in [1.165, 1.54) is 17.7 Å². The largest absolute Gasteiger partial charge is 0.507 e. The molecule has 0 heterocycles. The minimum atomic E-state index is -0.734. The van der Waals surface area contributed by atoms with E-state index in [9.17, 15) is 14.3 Å². The zero-order chi connectivity index (χ0) is 15.4. The molecule has 110 valence electrons. The summed E-state index contributed by atoms with van der Waals surface area (Å²) in [6.07, 6.45) is 0. The Hall–Kier alpha value is -2.36. The van der Waals surface area contributed by atoms with Gasteiger partial charge in [0, 0.05) is 6.54 Å². The lowest BCUT2D eigenvalue weighted by molar-refractivity contribution is 0.0944. The van der Waals surface area contributed by atoms with Crippen molar-refractivity contribution in [2.45, 2.75) is 26.3 Å². The maximum absolute atomic E-state index is 13.5. The number of phenols is 1. The summed E-state index contributed by atoms with van der Waals surface area (Å²) in [4.78, 5) is 11.9. The zero-order valence-corrected chi connectivity index (χ0v) is 12.1. The zero-order valence-electron chi connectivity index (χ0n) is 12.1. The summed E-state index contributed by atoms with van der Waals surface area (Å²) in [5, 5.41) is 12.2. The molecule has 0 unspecified atom stereocenters. The van der Waals surface area contributed by atoms with Crippen molar-refractivity contribution in [3.05, 3.63) is 65.0 Å². The molecule has 2 aromatic rings. The number of amides is 1. The lowest BCUT2D eigenvalue weighted by atomic mass is 10.0. The normalized spacial score (nSPS) is 10.7.